The molecule has 22 heavy (non-hydrogen) atoms. The van der Waals surface area contributed by atoms with Crippen LogP contribution in [0, 0.1) is 11.3 Å². The Morgan fingerprint density at radius 1 is 1.32 bits per heavy atom. The molecule has 3 fully saturated rings. The summed E-state index contributed by atoms with van der Waals surface area (Å²) in [4.78, 5) is 26.5. The van der Waals surface area contributed by atoms with Crippen LogP contribution in [0.2, 0.25) is 0 Å². The van der Waals surface area contributed by atoms with Crippen molar-refractivity contribution in [3.63, 3.8) is 0 Å². The maximum absolute atomic E-state index is 12.8. The topological polar surface area (TPSA) is 61.4 Å². The third-order valence-corrected chi connectivity index (χ3v) is 5.67. The highest BCUT2D eigenvalue weighted by Crippen LogP contribution is 2.44. The molecule has 0 aromatic carbocycles. The van der Waals surface area contributed by atoms with Gasteiger partial charge in [0.25, 0.3) is 0 Å². The average Bonchev–Trinajstić information content (AvgIpc) is 3.13. The number of nitrogens with zero attached hydrogens (tertiary/aromatic N) is 1. The van der Waals surface area contributed by atoms with Crippen molar-refractivity contribution >= 4 is 24.2 Å². The van der Waals surface area contributed by atoms with E-state index >= 15 is 0 Å². The Morgan fingerprint density at radius 2 is 2.14 bits per heavy atom. The Kier molecular flexibility index (Phi) is 5.72. The van der Waals surface area contributed by atoms with E-state index in [9.17, 15) is 9.59 Å². The van der Waals surface area contributed by atoms with Crippen molar-refractivity contribution in [3.8, 4) is 0 Å². The number of nitrogens with one attached hydrogen (secondary N) is 2. The molecule has 2 aliphatic heterocycles. The van der Waals surface area contributed by atoms with Crippen molar-refractivity contribution in [2.75, 3.05) is 26.2 Å². The Labute approximate surface area is 139 Å². The minimum atomic E-state index is -0.180. The van der Waals surface area contributed by atoms with E-state index in [1.165, 1.54) is 12.8 Å². The predicted molar refractivity (Wildman–Crippen MR) is 87.9 cm³/mol. The lowest BCUT2D eigenvalue weighted by Crippen LogP contribution is -2.51. The lowest BCUT2D eigenvalue weighted by molar-refractivity contribution is -0.135. The van der Waals surface area contributed by atoms with Crippen LogP contribution in [0.5, 0.6) is 0 Å². The Morgan fingerprint density at radius 3 is 2.91 bits per heavy atom. The van der Waals surface area contributed by atoms with Gasteiger partial charge in [-0.25, -0.2) is 0 Å². The van der Waals surface area contributed by atoms with Gasteiger partial charge in [-0.05, 0) is 31.7 Å². The van der Waals surface area contributed by atoms with Crippen LogP contribution in [0.25, 0.3) is 0 Å². The Bertz CT molecular complexity index is 432. The zero-order valence-electron chi connectivity index (χ0n) is 13.4. The zero-order chi connectivity index (χ0) is 14.9. The summed E-state index contributed by atoms with van der Waals surface area (Å²) in [5, 5.41) is 6.67. The molecule has 3 rings (SSSR count). The van der Waals surface area contributed by atoms with E-state index in [0.29, 0.717) is 18.9 Å². The lowest BCUT2D eigenvalue weighted by atomic mass is 9.67. The number of halogens is 1. The van der Waals surface area contributed by atoms with Crippen molar-refractivity contribution in [2.45, 2.75) is 51.5 Å². The minimum Gasteiger partial charge on any atom is -0.351 e. The van der Waals surface area contributed by atoms with Gasteiger partial charge < -0.3 is 15.5 Å². The summed E-state index contributed by atoms with van der Waals surface area (Å²) < 4.78 is 0. The Balaban J connectivity index is 0.00000176. The van der Waals surface area contributed by atoms with Crippen molar-refractivity contribution in [1.29, 1.82) is 0 Å². The molecule has 2 N–H and O–H groups in total. The van der Waals surface area contributed by atoms with Crippen LogP contribution >= 0.6 is 12.4 Å². The van der Waals surface area contributed by atoms with Crippen molar-refractivity contribution in [1.82, 2.24) is 15.5 Å². The summed E-state index contributed by atoms with van der Waals surface area (Å²) in [7, 11) is 0. The van der Waals surface area contributed by atoms with Gasteiger partial charge in [0.15, 0.2) is 0 Å². The second-order valence-corrected chi connectivity index (χ2v) is 6.88. The van der Waals surface area contributed by atoms with E-state index in [-0.39, 0.29) is 35.7 Å². The molecule has 3 atom stereocenters. The van der Waals surface area contributed by atoms with Gasteiger partial charge in [0.05, 0.1) is 5.41 Å². The summed E-state index contributed by atoms with van der Waals surface area (Å²) in [6, 6.07) is 0.144. The minimum absolute atomic E-state index is 0. The van der Waals surface area contributed by atoms with Crippen LogP contribution in [0.15, 0.2) is 0 Å². The van der Waals surface area contributed by atoms with E-state index in [1.807, 2.05) is 11.8 Å². The van der Waals surface area contributed by atoms with E-state index in [1.54, 1.807) is 0 Å². The number of amides is 2. The van der Waals surface area contributed by atoms with Gasteiger partial charge in [-0.2, -0.15) is 0 Å². The summed E-state index contributed by atoms with van der Waals surface area (Å²) in [6.45, 7) is 5.18. The van der Waals surface area contributed by atoms with Gasteiger partial charge in [0.1, 0.15) is 0 Å². The molecule has 0 aromatic rings. The maximum atomic E-state index is 12.8. The molecule has 0 aromatic heterocycles. The molecule has 3 aliphatic rings. The second-order valence-electron chi connectivity index (χ2n) is 6.88. The van der Waals surface area contributed by atoms with Crippen molar-refractivity contribution in [2.24, 2.45) is 11.3 Å². The molecule has 5 nitrogen and oxygen atoms in total. The molecule has 0 bridgehead atoms. The molecule has 1 aliphatic carbocycles. The fourth-order valence-corrected chi connectivity index (χ4v) is 4.35. The molecule has 0 spiro atoms. The van der Waals surface area contributed by atoms with Crippen molar-refractivity contribution in [3.05, 3.63) is 0 Å². The predicted octanol–water partition coefficient (Wildman–Crippen LogP) is 1.32. The van der Waals surface area contributed by atoms with Gasteiger partial charge in [0.2, 0.25) is 11.8 Å². The van der Waals surface area contributed by atoms with Gasteiger partial charge in [-0.3, -0.25) is 9.59 Å². The van der Waals surface area contributed by atoms with Crippen LogP contribution in [0.4, 0.5) is 0 Å². The van der Waals surface area contributed by atoms with Crippen molar-refractivity contribution < 1.29 is 9.59 Å². The molecule has 1 unspecified atom stereocenters. The highest BCUT2D eigenvalue weighted by Gasteiger charge is 2.50. The molecular formula is C16H28ClN3O2. The molecule has 126 valence electrons. The van der Waals surface area contributed by atoms with Crippen LogP contribution in [-0.4, -0.2) is 48.9 Å². The average molecular weight is 330 g/mol. The monoisotopic (exact) mass is 329 g/mol. The summed E-state index contributed by atoms with van der Waals surface area (Å²) in [5.41, 5.74) is -0.180. The maximum Gasteiger partial charge on any atom is 0.228 e. The molecule has 2 amide bonds. The number of hydrogen-bond donors (Lipinski definition) is 2. The Hall–Kier alpha value is -0.810. The largest absolute Gasteiger partial charge is 0.351 e. The van der Waals surface area contributed by atoms with Gasteiger partial charge in [0, 0.05) is 32.1 Å². The summed E-state index contributed by atoms with van der Waals surface area (Å²) >= 11 is 0. The van der Waals surface area contributed by atoms with E-state index in [0.717, 1.165) is 38.9 Å². The number of fused-ring (bicyclic) bond motifs is 1. The molecule has 0 radical (unpaired) electrons. The number of carbonyl (C=O) groups is 2. The van der Waals surface area contributed by atoms with Gasteiger partial charge >= 0.3 is 0 Å². The van der Waals surface area contributed by atoms with Crippen LogP contribution < -0.4 is 10.6 Å². The third-order valence-electron chi connectivity index (χ3n) is 5.67. The zero-order valence-corrected chi connectivity index (χ0v) is 14.2. The van der Waals surface area contributed by atoms with E-state index < -0.39 is 0 Å². The van der Waals surface area contributed by atoms with Crippen LogP contribution in [0.3, 0.4) is 0 Å². The fraction of sp³-hybridized carbons (Fsp3) is 0.875. The third kappa shape index (κ3) is 3.11. The first-order valence-corrected chi connectivity index (χ1v) is 8.45. The van der Waals surface area contributed by atoms with E-state index in [2.05, 4.69) is 10.6 Å². The van der Waals surface area contributed by atoms with Gasteiger partial charge in [-0.1, -0.05) is 19.8 Å². The molecule has 1 saturated carbocycles. The first-order chi connectivity index (χ1) is 10.2. The number of hydrogen-bond acceptors (Lipinski definition) is 3. The molecular weight excluding hydrogens is 302 g/mol. The molecule has 6 heteroatoms. The summed E-state index contributed by atoms with van der Waals surface area (Å²) in [6.07, 6.45) is 6.05. The molecule has 2 saturated heterocycles. The quantitative estimate of drug-likeness (QED) is 0.821. The molecule has 2 heterocycles. The number of carbonyl (C=O) groups excluding carboxylic acids is 2. The van der Waals surface area contributed by atoms with Gasteiger partial charge in [-0.15, -0.1) is 12.4 Å². The smallest absolute Gasteiger partial charge is 0.228 e. The first-order valence-electron chi connectivity index (χ1n) is 8.45. The van der Waals surface area contributed by atoms with Crippen LogP contribution in [-0.2, 0) is 9.59 Å². The standard InChI is InChI=1S/C16H27N3O2.ClH/c1-2-14(20)19-8-6-13(10-19)18-15(21)16-7-4-3-5-12(16)9-17-11-16;/h12-13,17H,2-11H2,1H3,(H,18,21);1H/t12-,13?,16+;/m0./s1. The first kappa shape index (κ1) is 17.5. The SMILES string of the molecule is CCC(=O)N1CCC(NC(=O)[C@@]23CCCC[C@H]2CNC3)C1.Cl. The fourth-order valence-electron chi connectivity index (χ4n) is 4.35. The van der Waals surface area contributed by atoms with Crippen LogP contribution in [0.1, 0.15) is 45.4 Å². The van der Waals surface area contributed by atoms with E-state index in [4.69, 9.17) is 0 Å². The number of rotatable bonds is 3. The highest BCUT2D eigenvalue weighted by atomic mass is 35.5. The lowest BCUT2D eigenvalue weighted by Gasteiger charge is -2.37. The number of likely N-dealkylation sites (tertiary alicyclic amines) is 1. The highest BCUT2D eigenvalue weighted by molar-refractivity contribution is 5.85. The normalized spacial score (nSPS) is 34.0. The second kappa shape index (κ2) is 7.18. The summed E-state index contributed by atoms with van der Waals surface area (Å²) in [5.74, 6) is 0.928.